The number of anilines is 1. The Morgan fingerprint density at radius 3 is 2.64 bits per heavy atom. The van der Waals surface area contributed by atoms with Gasteiger partial charge in [-0.1, -0.05) is 28.1 Å². The highest BCUT2D eigenvalue weighted by atomic mass is 79.9. The Bertz CT molecular complexity index is 769. The summed E-state index contributed by atoms with van der Waals surface area (Å²) in [6.07, 6.45) is 0.371. The van der Waals surface area contributed by atoms with E-state index in [1.165, 1.54) is 0 Å². The van der Waals surface area contributed by atoms with Crippen molar-refractivity contribution in [2.45, 2.75) is 13.0 Å². The van der Waals surface area contributed by atoms with E-state index in [0.29, 0.717) is 19.5 Å². The van der Waals surface area contributed by atoms with Crippen LogP contribution >= 0.6 is 15.9 Å². The fraction of sp³-hybridized carbons (Fsp3) is 0.263. The van der Waals surface area contributed by atoms with Gasteiger partial charge >= 0.3 is 0 Å². The smallest absolute Gasteiger partial charge is 0.279 e. The van der Waals surface area contributed by atoms with Crippen molar-refractivity contribution < 1.29 is 14.4 Å². The van der Waals surface area contributed by atoms with E-state index in [9.17, 15) is 4.79 Å². The maximum atomic E-state index is 12.2. The van der Waals surface area contributed by atoms with Gasteiger partial charge in [-0.15, -0.1) is 0 Å². The average molecular weight is 403 g/mol. The van der Waals surface area contributed by atoms with Crippen molar-refractivity contribution in [3.05, 3.63) is 58.1 Å². The number of quaternary nitrogens is 1. The van der Waals surface area contributed by atoms with E-state index in [-0.39, 0.29) is 5.91 Å². The van der Waals surface area contributed by atoms with E-state index in [1.54, 1.807) is 7.11 Å². The summed E-state index contributed by atoms with van der Waals surface area (Å²) in [7, 11) is 3.61. The summed E-state index contributed by atoms with van der Waals surface area (Å²) in [4.78, 5) is 13.3. The Hall–Kier alpha value is -2.36. The molecule has 5 nitrogen and oxygen atoms in total. The number of nitrogens with one attached hydrogen (secondary N) is 2. The zero-order valence-electron chi connectivity index (χ0n) is 14.3. The van der Waals surface area contributed by atoms with Crippen LogP contribution in [0.25, 0.3) is 0 Å². The number of rotatable bonds is 7. The van der Waals surface area contributed by atoms with Gasteiger partial charge in [0.1, 0.15) is 12.3 Å². The van der Waals surface area contributed by atoms with Gasteiger partial charge in [-0.3, -0.25) is 4.79 Å². The summed E-state index contributed by atoms with van der Waals surface area (Å²) in [5.41, 5.74) is 2.72. The van der Waals surface area contributed by atoms with Gasteiger partial charge in [-0.25, -0.2) is 0 Å². The van der Waals surface area contributed by atoms with E-state index < -0.39 is 0 Å². The number of halogens is 1. The largest absolute Gasteiger partial charge is 0.496 e. The molecule has 0 radical (unpaired) electrons. The molecule has 1 amide bonds. The molecule has 25 heavy (non-hydrogen) atoms. The second-order valence-corrected chi connectivity index (χ2v) is 6.76. The van der Waals surface area contributed by atoms with Crippen LogP contribution in [0.2, 0.25) is 0 Å². The van der Waals surface area contributed by atoms with Crippen molar-refractivity contribution in [1.82, 2.24) is 0 Å². The number of methoxy groups -OCH3 is 1. The quantitative estimate of drug-likeness (QED) is 0.745. The molecule has 0 saturated carbocycles. The average Bonchev–Trinajstić information content (AvgIpc) is 2.57. The molecule has 0 aliphatic carbocycles. The first-order valence-corrected chi connectivity index (χ1v) is 8.70. The molecule has 130 valence electrons. The maximum Gasteiger partial charge on any atom is 0.279 e. The molecule has 2 N–H and O–H groups in total. The van der Waals surface area contributed by atoms with Gasteiger partial charge in [0, 0.05) is 15.7 Å². The van der Waals surface area contributed by atoms with Crippen molar-refractivity contribution >= 4 is 27.5 Å². The van der Waals surface area contributed by atoms with E-state index in [4.69, 9.17) is 10.00 Å². The van der Waals surface area contributed by atoms with Crippen LogP contribution < -0.4 is 15.0 Å². The molecule has 2 rings (SSSR count). The highest BCUT2D eigenvalue weighted by Crippen LogP contribution is 2.22. The highest BCUT2D eigenvalue weighted by Gasteiger charge is 2.14. The predicted molar refractivity (Wildman–Crippen MR) is 101 cm³/mol. The summed E-state index contributed by atoms with van der Waals surface area (Å²) in [5.74, 6) is 0.760. The third-order valence-corrected chi connectivity index (χ3v) is 4.21. The van der Waals surface area contributed by atoms with Crippen LogP contribution in [0, 0.1) is 11.3 Å². The monoisotopic (exact) mass is 402 g/mol. The minimum absolute atomic E-state index is 0.0560. The first-order chi connectivity index (χ1) is 12.0. The lowest BCUT2D eigenvalue weighted by atomic mass is 10.1. The topological polar surface area (TPSA) is 66.6 Å². The Labute approximate surface area is 156 Å². The Morgan fingerprint density at radius 1 is 1.28 bits per heavy atom. The maximum absolute atomic E-state index is 12.2. The van der Waals surface area contributed by atoms with Crippen molar-refractivity contribution in [3.8, 4) is 11.8 Å². The number of nitriles is 1. The first kappa shape index (κ1) is 19.0. The number of benzene rings is 2. The van der Waals surface area contributed by atoms with Gasteiger partial charge in [0.05, 0.1) is 26.6 Å². The SMILES string of the molecule is COc1ccc(Br)cc1C[NH+](C)CC(=O)Nc1ccc(CC#N)cc1. The van der Waals surface area contributed by atoms with Gasteiger partial charge in [-0.05, 0) is 35.9 Å². The number of carbonyl (C=O) groups excluding carboxylic acids is 1. The first-order valence-electron chi connectivity index (χ1n) is 7.91. The number of hydrogen-bond acceptors (Lipinski definition) is 3. The summed E-state index contributed by atoms with van der Waals surface area (Å²) < 4.78 is 6.36. The van der Waals surface area contributed by atoms with Gasteiger partial charge in [0.25, 0.3) is 5.91 Å². The van der Waals surface area contributed by atoms with Gasteiger partial charge < -0.3 is 15.0 Å². The Morgan fingerprint density at radius 2 is 2.00 bits per heavy atom. The number of carbonyl (C=O) groups is 1. The number of likely N-dealkylation sites (N-methyl/N-ethyl adjacent to an activating group) is 1. The molecule has 0 fully saturated rings. The molecule has 0 saturated heterocycles. The molecule has 1 unspecified atom stereocenters. The summed E-state index contributed by atoms with van der Waals surface area (Å²) in [6.45, 7) is 1.02. The molecular formula is C19H21BrN3O2+. The summed E-state index contributed by atoms with van der Waals surface area (Å²) in [6, 6.07) is 15.3. The zero-order valence-corrected chi connectivity index (χ0v) is 15.9. The standard InChI is InChI=1S/C19H20BrN3O2/c1-23(12-15-11-16(20)5-8-18(15)25-2)13-19(24)22-17-6-3-14(4-7-17)9-10-21/h3-8,11H,9,12-13H2,1-2H3,(H,22,24)/p+1. The van der Waals surface area contributed by atoms with Crippen molar-refractivity contribution in [2.75, 3.05) is 26.0 Å². The van der Waals surface area contributed by atoms with Crippen LogP contribution in [0.3, 0.4) is 0 Å². The predicted octanol–water partition coefficient (Wildman–Crippen LogP) is 2.18. The lowest BCUT2D eigenvalue weighted by Crippen LogP contribution is -3.08. The summed E-state index contributed by atoms with van der Waals surface area (Å²) >= 11 is 3.46. The van der Waals surface area contributed by atoms with Crippen molar-refractivity contribution in [1.29, 1.82) is 5.26 Å². The molecule has 0 aliphatic rings. The Balaban J connectivity index is 1.92. The lowest BCUT2D eigenvalue weighted by Gasteiger charge is -2.16. The number of amides is 1. The fourth-order valence-corrected chi connectivity index (χ4v) is 2.96. The normalized spacial score (nSPS) is 11.4. The molecule has 0 aromatic heterocycles. The highest BCUT2D eigenvalue weighted by molar-refractivity contribution is 9.10. The Kier molecular flexibility index (Phi) is 6.99. The molecule has 0 aliphatic heterocycles. The van der Waals surface area contributed by atoms with Crippen molar-refractivity contribution in [3.63, 3.8) is 0 Å². The van der Waals surface area contributed by atoms with Crippen LogP contribution in [0.4, 0.5) is 5.69 Å². The number of hydrogen-bond donors (Lipinski definition) is 2. The number of ether oxygens (including phenoxy) is 1. The zero-order chi connectivity index (χ0) is 18.2. The van der Waals surface area contributed by atoms with Crippen LogP contribution in [0.1, 0.15) is 11.1 Å². The van der Waals surface area contributed by atoms with Gasteiger partial charge in [0.2, 0.25) is 0 Å². The van der Waals surface area contributed by atoms with Gasteiger partial charge in [0.15, 0.2) is 6.54 Å². The van der Waals surface area contributed by atoms with Gasteiger partial charge in [-0.2, -0.15) is 5.26 Å². The lowest BCUT2D eigenvalue weighted by molar-refractivity contribution is -0.885. The third-order valence-electron chi connectivity index (χ3n) is 3.72. The molecular weight excluding hydrogens is 382 g/mol. The molecule has 1 atom stereocenters. The van der Waals surface area contributed by atoms with Crippen LogP contribution in [-0.4, -0.2) is 26.6 Å². The second-order valence-electron chi connectivity index (χ2n) is 5.85. The fourth-order valence-electron chi connectivity index (χ4n) is 2.55. The second kappa shape index (κ2) is 9.21. The van der Waals surface area contributed by atoms with E-state index in [1.807, 2.05) is 49.5 Å². The van der Waals surface area contributed by atoms with Crippen LogP contribution in [0.5, 0.6) is 5.75 Å². The van der Waals surface area contributed by atoms with Crippen LogP contribution in [0.15, 0.2) is 46.9 Å². The molecule has 2 aromatic carbocycles. The van der Waals surface area contributed by atoms with Crippen molar-refractivity contribution in [2.24, 2.45) is 0 Å². The molecule has 0 heterocycles. The molecule has 6 heteroatoms. The summed E-state index contributed by atoms with van der Waals surface area (Å²) in [5, 5.41) is 11.6. The van der Waals surface area contributed by atoms with E-state index in [2.05, 4.69) is 27.3 Å². The van der Waals surface area contributed by atoms with E-state index in [0.717, 1.165) is 31.9 Å². The van der Waals surface area contributed by atoms with E-state index >= 15 is 0 Å². The minimum atomic E-state index is -0.0560. The third kappa shape index (κ3) is 5.89. The minimum Gasteiger partial charge on any atom is -0.496 e. The molecule has 0 bridgehead atoms. The molecule has 2 aromatic rings. The number of nitrogens with zero attached hydrogens (tertiary/aromatic N) is 1. The molecule has 0 spiro atoms. The van der Waals surface area contributed by atoms with Crippen LogP contribution in [-0.2, 0) is 17.8 Å².